The van der Waals surface area contributed by atoms with Crippen LogP contribution in [-0.2, 0) is 0 Å². The van der Waals surface area contributed by atoms with Crippen LogP contribution in [0.1, 0.15) is 10.4 Å². The third kappa shape index (κ3) is 2.62. The van der Waals surface area contributed by atoms with Crippen LogP contribution < -0.4 is 10.1 Å². The summed E-state index contributed by atoms with van der Waals surface area (Å²) in [6.07, 6.45) is 4.94. The minimum absolute atomic E-state index is 0.189. The molecule has 106 valence electrons. The molecule has 21 heavy (non-hydrogen) atoms. The lowest BCUT2D eigenvalue weighted by Gasteiger charge is -2.05. The van der Waals surface area contributed by atoms with Gasteiger partial charge in [0.2, 0.25) is 0 Å². The summed E-state index contributed by atoms with van der Waals surface area (Å²) in [6.45, 7) is 0. The van der Waals surface area contributed by atoms with E-state index in [4.69, 9.17) is 4.74 Å². The van der Waals surface area contributed by atoms with Gasteiger partial charge in [0.1, 0.15) is 5.75 Å². The molecule has 0 spiro atoms. The summed E-state index contributed by atoms with van der Waals surface area (Å²) in [6, 6.07) is 7.27. The smallest absolute Gasteiger partial charge is 0.257 e. The van der Waals surface area contributed by atoms with E-state index < -0.39 is 0 Å². The predicted molar refractivity (Wildman–Crippen MR) is 84.7 cm³/mol. The monoisotopic (exact) mass is 345 g/mol. The lowest BCUT2D eigenvalue weighted by molar-refractivity contribution is 0.102. The van der Waals surface area contributed by atoms with Crippen molar-refractivity contribution in [1.29, 1.82) is 0 Å². The van der Waals surface area contributed by atoms with Crippen molar-refractivity contribution in [1.82, 2.24) is 9.97 Å². The molecule has 5 nitrogen and oxygen atoms in total. The van der Waals surface area contributed by atoms with Crippen molar-refractivity contribution in [2.75, 3.05) is 12.4 Å². The Morgan fingerprint density at radius 2 is 2.29 bits per heavy atom. The number of carbonyl (C=O) groups is 1. The second-order valence-electron chi connectivity index (χ2n) is 4.43. The highest BCUT2D eigenvalue weighted by molar-refractivity contribution is 9.10. The molecule has 0 atom stereocenters. The lowest BCUT2D eigenvalue weighted by Crippen LogP contribution is -2.11. The molecule has 0 aliphatic rings. The molecule has 1 aromatic carbocycles. The Bertz CT molecular complexity index is 799. The lowest BCUT2D eigenvalue weighted by atomic mass is 10.1. The Morgan fingerprint density at radius 3 is 3.00 bits per heavy atom. The number of nitrogens with one attached hydrogen (secondary N) is 2. The van der Waals surface area contributed by atoms with E-state index in [1.54, 1.807) is 37.8 Å². The van der Waals surface area contributed by atoms with Gasteiger partial charge in [0, 0.05) is 29.4 Å². The van der Waals surface area contributed by atoms with Crippen LogP contribution in [0.15, 0.2) is 47.3 Å². The topological polar surface area (TPSA) is 67.0 Å². The summed E-state index contributed by atoms with van der Waals surface area (Å²) in [5.41, 5.74) is 2.06. The maximum atomic E-state index is 12.3. The number of methoxy groups -OCH3 is 1. The highest BCUT2D eigenvalue weighted by atomic mass is 79.9. The summed E-state index contributed by atoms with van der Waals surface area (Å²) in [5, 5.41) is 3.64. The number of anilines is 1. The van der Waals surface area contributed by atoms with Crippen molar-refractivity contribution in [2.45, 2.75) is 0 Å². The number of hydrogen-bond donors (Lipinski definition) is 2. The predicted octanol–water partition coefficient (Wildman–Crippen LogP) is 3.59. The maximum absolute atomic E-state index is 12.3. The van der Waals surface area contributed by atoms with Gasteiger partial charge in [0.05, 0.1) is 29.0 Å². The van der Waals surface area contributed by atoms with Gasteiger partial charge in [-0.3, -0.25) is 9.78 Å². The number of carbonyl (C=O) groups excluding carboxylic acids is 1. The number of aromatic amines is 1. The van der Waals surface area contributed by atoms with Crippen molar-refractivity contribution in [3.63, 3.8) is 0 Å². The zero-order valence-corrected chi connectivity index (χ0v) is 12.8. The first-order valence-electron chi connectivity index (χ1n) is 6.25. The molecule has 0 aliphatic carbocycles. The van der Waals surface area contributed by atoms with Crippen molar-refractivity contribution >= 4 is 38.4 Å². The number of nitrogens with zero attached hydrogens (tertiary/aromatic N) is 1. The normalized spacial score (nSPS) is 10.6. The number of ether oxygens (including phenoxy) is 1. The minimum Gasteiger partial charge on any atom is -0.495 e. The van der Waals surface area contributed by atoms with E-state index in [-0.39, 0.29) is 5.91 Å². The van der Waals surface area contributed by atoms with Gasteiger partial charge in [-0.25, -0.2) is 0 Å². The molecule has 2 N–H and O–H groups in total. The molecule has 3 rings (SSSR count). The first-order valence-corrected chi connectivity index (χ1v) is 7.04. The second-order valence-corrected chi connectivity index (χ2v) is 5.28. The van der Waals surface area contributed by atoms with Gasteiger partial charge in [-0.2, -0.15) is 0 Å². The van der Waals surface area contributed by atoms with E-state index in [0.717, 1.165) is 15.4 Å². The largest absolute Gasteiger partial charge is 0.495 e. The fraction of sp³-hybridized carbons (Fsp3) is 0.0667. The zero-order chi connectivity index (χ0) is 14.8. The fourth-order valence-corrected chi connectivity index (χ4v) is 2.61. The van der Waals surface area contributed by atoms with Crippen LogP contribution in [-0.4, -0.2) is 23.0 Å². The number of rotatable bonds is 3. The fourth-order valence-electron chi connectivity index (χ4n) is 2.10. The van der Waals surface area contributed by atoms with Crippen molar-refractivity contribution in [3.8, 4) is 5.75 Å². The van der Waals surface area contributed by atoms with Crippen LogP contribution in [0.4, 0.5) is 5.69 Å². The summed E-state index contributed by atoms with van der Waals surface area (Å²) in [7, 11) is 1.60. The van der Waals surface area contributed by atoms with Gasteiger partial charge in [-0.05, 0) is 34.1 Å². The number of pyridine rings is 1. The molecule has 0 unspecified atom stereocenters. The van der Waals surface area contributed by atoms with Crippen molar-refractivity contribution in [3.05, 3.63) is 52.9 Å². The van der Waals surface area contributed by atoms with E-state index in [1.165, 1.54) is 0 Å². The van der Waals surface area contributed by atoms with Gasteiger partial charge in [0.15, 0.2) is 0 Å². The number of H-pyrrole nitrogens is 1. The minimum atomic E-state index is -0.189. The van der Waals surface area contributed by atoms with Gasteiger partial charge < -0.3 is 15.0 Å². The molecule has 0 bridgehead atoms. The van der Waals surface area contributed by atoms with Gasteiger partial charge in [-0.15, -0.1) is 0 Å². The van der Waals surface area contributed by atoms with Crippen LogP contribution in [0.2, 0.25) is 0 Å². The van der Waals surface area contributed by atoms with Crippen LogP contribution in [0.3, 0.4) is 0 Å². The van der Waals surface area contributed by atoms with E-state index in [9.17, 15) is 4.79 Å². The second kappa shape index (κ2) is 5.57. The molecule has 1 amide bonds. The molecule has 0 saturated carbocycles. The average molecular weight is 346 g/mol. The Kier molecular flexibility index (Phi) is 3.62. The third-order valence-corrected chi connectivity index (χ3v) is 3.74. The molecule has 3 aromatic rings. The molecular formula is C15H12BrN3O2. The summed E-state index contributed by atoms with van der Waals surface area (Å²) >= 11 is 3.43. The van der Waals surface area contributed by atoms with Gasteiger partial charge >= 0.3 is 0 Å². The molecular weight excluding hydrogens is 334 g/mol. The van der Waals surface area contributed by atoms with E-state index >= 15 is 0 Å². The average Bonchev–Trinajstić information content (AvgIpc) is 2.90. The molecule has 2 aromatic heterocycles. The molecule has 0 fully saturated rings. The number of benzene rings is 1. The van der Waals surface area contributed by atoms with Crippen molar-refractivity contribution < 1.29 is 9.53 Å². The van der Waals surface area contributed by atoms with E-state index in [2.05, 4.69) is 31.2 Å². The van der Waals surface area contributed by atoms with Crippen LogP contribution in [0.25, 0.3) is 10.9 Å². The Labute approximate surface area is 129 Å². The highest BCUT2D eigenvalue weighted by Crippen LogP contribution is 2.31. The van der Waals surface area contributed by atoms with Crippen LogP contribution in [0, 0.1) is 0 Å². The zero-order valence-electron chi connectivity index (χ0n) is 11.2. The molecule has 2 heterocycles. The third-order valence-electron chi connectivity index (χ3n) is 3.12. The number of aromatic nitrogens is 2. The summed E-state index contributed by atoms with van der Waals surface area (Å²) in [5.74, 6) is 0.523. The van der Waals surface area contributed by atoms with Crippen LogP contribution >= 0.6 is 15.9 Å². The van der Waals surface area contributed by atoms with E-state index in [0.29, 0.717) is 17.0 Å². The molecule has 6 heteroatoms. The number of amides is 1. The highest BCUT2D eigenvalue weighted by Gasteiger charge is 2.14. The number of halogens is 1. The van der Waals surface area contributed by atoms with Gasteiger partial charge in [-0.1, -0.05) is 0 Å². The number of hydrogen-bond acceptors (Lipinski definition) is 3. The SMILES string of the molecule is COc1cc2[nH]cc(C(=O)Nc3cccnc3)c2cc1Br. The quantitative estimate of drug-likeness (QED) is 0.762. The Hall–Kier alpha value is -2.34. The standard InChI is InChI=1S/C15H12BrN3O2/c1-21-14-6-13-10(5-12(14)16)11(8-18-13)15(20)19-9-3-2-4-17-7-9/h2-8,18H,1H3,(H,19,20). The summed E-state index contributed by atoms with van der Waals surface area (Å²) < 4.78 is 6.04. The maximum Gasteiger partial charge on any atom is 0.257 e. The molecule has 0 aliphatic heterocycles. The summed E-state index contributed by atoms with van der Waals surface area (Å²) in [4.78, 5) is 19.4. The molecule has 0 radical (unpaired) electrons. The Morgan fingerprint density at radius 1 is 1.43 bits per heavy atom. The van der Waals surface area contributed by atoms with Crippen LogP contribution in [0.5, 0.6) is 5.75 Å². The van der Waals surface area contributed by atoms with Crippen molar-refractivity contribution in [2.24, 2.45) is 0 Å². The number of fused-ring (bicyclic) bond motifs is 1. The first kappa shape index (κ1) is 13.6. The van der Waals surface area contributed by atoms with Gasteiger partial charge in [0.25, 0.3) is 5.91 Å². The van der Waals surface area contributed by atoms with E-state index in [1.807, 2.05) is 12.1 Å². The molecule has 0 saturated heterocycles. The first-order chi connectivity index (χ1) is 10.2. The Balaban J connectivity index is 1.97.